The highest BCUT2D eigenvalue weighted by molar-refractivity contribution is 5.27. The predicted octanol–water partition coefficient (Wildman–Crippen LogP) is 8.83. The van der Waals surface area contributed by atoms with Crippen LogP contribution in [0, 0.1) is 0 Å². The van der Waals surface area contributed by atoms with Gasteiger partial charge in [0.2, 0.25) is 0 Å². The van der Waals surface area contributed by atoms with Crippen molar-refractivity contribution in [1.82, 2.24) is 9.80 Å². The molecule has 1 aromatic carbocycles. The molecule has 0 aliphatic rings. The van der Waals surface area contributed by atoms with Gasteiger partial charge in [0.05, 0.1) is 0 Å². The Morgan fingerprint density at radius 3 is 1.16 bits per heavy atom. The molecule has 0 bridgehead atoms. The number of hydrogen-bond donors (Lipinski definition) is 0. The number of hydrogen-bond acceptors (Lipinski definition) is 2. The van der Waals surface area contributed by atoms with Crippen LogP contribution in [-0.2, 0) is 13.1 Å². The smallest absolute Gasteiger partial charge is 0.0236 e. The standard InChI is InChI=1S/C30H56N2/c1-5-9-11-13-15-17-21-25-31(7-3)27-29-23-19-20-24-30(29)28-32(8-4)26-22-18-16-14-12-10-6-2/h19-20,23-24H,5-18,21-22,25-28H2,1-4H3. The van der Waals surface area contributed by atoms with Crippen LogP contribution in [0.3, 0.4) is 0 Å². The second-order valence-electron chi connectivity index (χ2n) is 9.75. The maximum absolute atomic E-state index is 2.65. The fourth-order valence-electron chi connectivity index (χ4n) is 4.63. The Morgan fingerprint density at radius 1 is 0.469 bits per heavy atom. The number of benzene rings is 1. The van der Waals surface area contributed by atoms with Gasteiger partial charge in [-0.3, -0.25) is 9.80 Å². The minimum Gasteiger partial charge on any atom is -0.299 e. The summed E-state index contributed by atoms with van der Waals surface area (Å²) >= 11 is 0. The zero-order valence-corrected chi connectivity index (χ0v) is 22.3. The number of unbranched alkanes of at least 4 members (excludes halogenated alkanes) is 12. The van der Waals surface area contributed by atoms with E-state index in [1.807, 2.05) is 0 Å². The normalized spacial score (nSPS) is 11.7. The Hall–Kier alpha value is -0.860. The summed E-state index contributed by atoms with van der Waals surface area (Å²) in [5.74, 6) is 0. The van der Waals surface area contributed by atoms with Crippen molar-refractivity contribution >= 4 is 0 Å². The SMILES string of the molecule is CCCCCCCCCN(CC)Cc1ccccc1CN(CC)CCCCCCCCC. The van der Waals surface area contributed by atoms with Crippen molar-refractivity contribution in [2.24, 2.45) is 0 Å². The third-order valence-electron chi connectivity index (χ3n) is 6.96. The number of rotatable bonds is 22. The van der Waals surface area contributed by atoms with Gasteiger partial charge in [0.1, 0.15) is 0 Å². The van der Waals surface area contributed by atoms with E-state index >= 15 is 0 Å². The van der Waals surface area contributed by atoms with E-state index < -0.39 is 0 Å². The van der Waals surface area contributed by atoms with Crippen LogP contribution < -0.4 is 0 Å². The Balaban J connectivity index is 2.40. The lowest BCUT2D eigenvalue weighted by Crippen LogP contribution is -2.27. The zero-order valence-electron chi connectivity index (χ0n) is 22.3. The van der Waals surface area contributed by atoms with Gasteiger partial charge < -0.3 is 0 Å². The van der Waals surface area contributed by atoms with E-state index in [-0.39, 0.29) is 0 Å². The fraction of sp³-hybridized carbons (Fsp3) is 0.800. The van der Waals surface area contributed by atoms with Crippen LogP contribution in [0.2, 0.25) is 0 Å². The third-order valence-corrected chi connectivity index (χ3v) is 6.96. The molecule has 0 N–H and O–H groups in total. The van der Waals surface area contributed by atoms with E-state index in [1.165, 1.54) is 114 Å². The molecular formula is C30H56N2. The van der Waals surface area contributed by atoms with E-state index in [2.05, 4.69) is 61.8 Å². The quantitative estimate of drug-likeness (QED) is 0.165. The average molecular weight is 445 g/mol. The molecule has 0 saturated carbocycles. The third kappa shape index (κ3) is 14.3. The monoisotopic (exact) mass is 444 g/mol. The van der Waals surface area contributed by atoms with Gasteiger partial charge in [-0.15, -0.1) is 0 Å². The second-order valence-corrected chi connectivity index (χ2v) is 9.75. The van der Waals surface area contributed by atoms with Crippen molar-refractivity contribution in [3.05, 3.63) is 35.4 Å². The Kier molecular flexibility index (Phi) is 18.9. The molecule has 2 nitrogen and oxygen atoms in total. The molecule has 0 radical (unpaired) electrons. The first-order valence-corrected chi connectivity index (χ1v) is 14.3. The molecular weight excluding hydrogens is 388 g/mol. The molecule has 0 fully saturated rings. The molecule has 186 valence electrons. The fourth-order valence-corrected chi connectivity index (χ4v) is 4.63. The molecule has 0 atom stereocenters. The maximum atomic E-state index is 2.65. The van der Waals surface area contributed by atoms with Gasteiger partial charge in [-0.05, 0) is 50.1 Å². The van der Waals surface area contributed by atoms with Crippen molar-refractivity contribution in [3.63, 3.8) is 0 Å². The van der Waals surface area contributed by atoms with Gasteiger partial charge in [0.25, 0.3) is 0 Å². The van der Waals surface area contributed by atoms with E-state index in [0.717, 1.165) is 26.2 Å². The van der Waals surface area contributed by atoms with Crippen molar-refractivity contribution < 1.29 is 0 Å². The first-order valence-electron chi connectivity index (χ1n) is 14.3. The van der Waals surface area contributed by atoms with Crippen LogP contribution in [-0.4, -0.2) is 36.0 Å². The van der Waals surface area contributed by atoms with Crippen LogP contribution in [0.5, 0.6) is 0 Å². The lowest BCUT2D eigenvalue weighted by molar-refractivity contribution is 0.258. The molecule has 1 aromatic rings. The molecule has 0 unspecified atom stereocenters. The molecule has 2 heteroatoms. The second kappa shape index (κ2) is 20.7. The molecule has 0 amide bonds. The van der Waals surface area contributed by atoms with Crippen molar-refractivity contribution in [3.8, 4) is 0 Å². The summed E-state index contributed by atoms with van der Waals surface area (Å²) in [6.45, 7) is 16.3. The lowest BCUT2D eigenvalue weighted by Gasteiger charge is -2.25. The maximum Gasteiger partial charge on any atom is 0.0236 e. The van der Waals surface area contributed by atoms with Gasteiger partial charge in [0, 0.05) is 13.1 Å². The first kappa shape index (κ1) is 29.2. The minimum absolute atomic E-state index is 1.11. The summed E-state index contributed by atoms with van der Waals surface area (Å²) in [6.07, 6.45) is 19.5. The van der Waals surface area contributed by atoms with Crippen LogP contribution in [0.15, 0.2) is 24.3 Å². The largest absolute Gasteiger partial charge is 0.299 e. The summed E-state index contributed by atoms with van der Waals surface area (Å²) in [5.41, 5.74) is 3.07. The van der Waals surface area contributed by atoms with Gasteiger partial charge in [-0.1, -0.05) is 129 Å². The summed E-state index contributed by atoms with van der Waals surface area (Å²) in [6, 6.07) is 9.19. The Bertz CT molecular complexity index is 480. The summed E-state index contributed by atoms with van der Waals surface area (Å²) < 4.78 is 0. The molecule has 0 heterocycles. The Labute approximate surface area is 202 Å². The minimum atomic E-state index is 1.11. The van der Waals surface area contributed by atoms with Crippen LogP contribution in [0.25, 0.3) is 0 Å². The lowest BCUT2D eigenvalue weighted by atomic mass is 10.1. The molecule has 0 saturated heterocycles. The van der Waals surface area contributed by atoms with Gasteiger partial charge >= 0.3 is 0 Å². The van der Waals surface area contributed by atoms with Gasteiger partial charge in [-0.25, -0.2) is 0 Å². The average Bonchev–Trinajstić information content (AvgIpc) is 2.82. The summed E-state index contributed by atoms with van der Waals surface area (Å²) in [7, 11) is 0. The van der Waals surface area contributed by atoms with Gasteiger partial charge in [0.15, 0.2) is 0 Å². The zero-order chi connectivity index (χ0) is 23.3. The molecule has 0 aliphatic heterocycles. The van der Waals surface area contributed by atoms with Crippen molar-refractivity contribution in [2.45, 2.75) is 131 Å². The van der Waals surface area contributed by atoms with Crippen LogP contribution >= 0.6 is 0 Å². The summed E-state index contributed by atoms with van der Waals surface area (Å²) in [5, 5.41) is 0. The van der Waals surface area contributed by atoms with Crippen molar-refractivity contribution in [1.29, 1.82) is 0 Å². The molecule has 32 heavy (non-hydrogen) atoms. The molecule has 0 aromatic heterocycles. The Morgan fingerprint density at radius 2 is 0.812 bits per heavy atom. The number of nitrogens with zero attached hydrogens (tertiary/aromatic N) is 2. The molecule has 1 rings (SSSR count). The van der Waals surface area contributed by atoms with E-state index in [0.29, 0.717) is 0 Å². The highest BCUT2D eigenvalue weighted by atomic mass is 15.1. The highest BCUT2D eigenvalue weighted by Gasteiger charge is 2.10. The van der Waals surface area contributed by atoms with E-state index in [1.54, 1.807) is 0 Å². The molecule has 0 spiro atoms. The highest BCUT2D eigenvalue weighted by Crippen LogP contribution is 2.16. The summed E-state index contributed by atoms with van der Waals surface area (Å²) in [4.78, 5) is 5.30. The predicted molar refractivity (Wildman–Crippen MR) is 144 cm³/mol. The van der Waals surface area contributed by atoms with Crippen molar-refractivity contribution in [2.75, 3.05) is 26.2 Å². The first-order chi connectivity index (χ1) is 15.7. The van der Waals surface area contributed by atoms with Gasteiger partial charge in [-0.2, -0.15) is 0 Å². The topological polar surface area (TPSA) is 6.48 Å². The molecule has 0 aliphatic carbocycles. The van der Waals surface area contributed by atoms with E-state index in [9.17, 15) is 0 Å². The van der Waals surface area contributed by atoms with Crippen LogP contribution in [0.1, 0.15) is 129 Å². The van der Waals surface area contributed by atoms with E-state index in [4.69, 9.17) is 0 Å². The van der Waals surface area contributed by atoms with Crippen LogP contribution in [0.4, 0.5) is 0 Å².